The maximum atomic E-state index is 6.77. The molecule has 0 radical (unpaired) electrons. The lowest BCUT2D eigenvalue weighted by atomic mass is 9.80. The molecule has 0 fully saturated rings. The van der Waals surface area contributed by atoms with Crippen molar-refractivity contribution in [1.29, 1.82) is 0 Å². The van der Waals surface area contributed by atoms with Crippen molar-refractivity contribution in [3.05, 3.63) is 157 Å². The van der Waals surface area contributed by atoms with Crippen LogP contribution in [0.2, 0.25) is 0 Å². The molecule has 2 heterocycles. The second-order valence-electron chi connectivity index (χ2n) is 15.9. The Bertz CT molecular complexity index is 2740. The largest absolute Gasteiger partial charge is 0.454 e. The summed E-state index contributed by atoms with van der Waals surface area (Å²) in [6.45, 7) is 13.8. The summed E-state index contributed by atoms with van der Waals surface area (Å²) < 4.78 is 9.22. The Labute approximate surface area is 299 Å². The number of aromatic nitrogens is 1. The van der Waals surface area contributed by atoms with Gasteiger partial charge in [-0.3, -0.25) is 0 Å². The number of anilines is 3. The predicted octanol–water partition coefficient (Wildman–Crippen LogP) is 13.9. The molecule has 0 aliphatic rings. The lowest BCUT2D eigenvalue weighted by molar-refractivity contribution is 0.568. The minimum Gasteiger partial charge on any atom is -0.454 e. The first-order chi connectivity index (χ1) is 24.6. The van der Waals surface area contributed by atoms with Crippen LogP contribution in [0.5, 0.6) is 0 Å². The number of nitrogens with zero attached hydrogens (tertiary/aromatic N) is 2. The van der Waals surface area contributed by atoms with E-state index >= 15 is 0 Å². The van der Waals surface area contributed by atoms with E-state index in [9.17, 15) is 0 Å². The SMILES string of the molecule is CC(C)(C)c1cc(-n2c3ccccc3c3cc(N(c4ccccc4)c4cc5ccccc5c5c4oc4ccccc45)ccc32)cc(C(C)(C)C)c1. The van der Waals surface area contributed by atoms with Gasteiger partial charge >= 0.3 is 0 Å². The Kier molecular flexibility index (Phi) is 6.95. The van der Waals surface area contributed by atoms with Crippen molar-refractivity contribution in [3.63, 3.8) is 0 Å². The first-order valence-electron chi connectivity index (χ1n) is 17.9. The van der Waals surface area contributed by atoms with Crippen LogP contribution < -0.4 is 4.90 Å². The van der Waals surface area contributed by atoms with Gasteiger partial charge in [0.15, 0.2) is 5.58 Å². The van der Waals surface area contributed by atoms with Crippen molar-refractivity contribution in [2.45, 2.75) is 52.4 Å². The molecule has 0 saturated heterocycles. The van der Waals surface area contributed by atoms with E-state index in [1.54, 1.807) is 0 Å². The van der Waals surface area contributed by atoms with E-state index in [4.69, 9.17) is 4.42 Å². The van der Waals surface area contributed by atoms with E-state index in [-0.39, 0.29) is 10.8 Å². The number of rotatable bonds is 4. The van der Waals surface area contributed by atoms with Crippen molar-refractivity contribution >= 4 is 71.6 Å². The van der Waals surface area contributed by atoms with Crippen molar-refractivity contribution in [2.75, 3.05) is 4.90 Å². The third-order valence-corrected chi connectivity index (χ3v) is 10.4. The second kappa shape index (κ2) is 11.4. The highest BCUT2D eigenvalue weighted by atomic mass is 16.3. The zero-order valence-corrected chi connectivity index (χ0v) is 30.2. The number of fused-ring (bicyclic) bond motifs is 8. The maximum Gasteiger partial charge on any atom is 0.160 e. The second-order valence-corrected chi connectivity index (χ2v) is 15.9. The molecule has 0 unspecified atom stereocenters. The average Bonchev–Trinajstić information content (AvgIpc) is 3.68. The minimum absolute atomic E-state index is 0.0139. The number of hydrogen-bond acceptors (Lipinski definition) is 2. The highest BCUT2D eigenvalue weighted by Crippen LogP contribution is 2.47. The zero-order chi connectivity index (χ0) is 35.1. The van der Waals surface area contributed by atoms with Gasteiger partial charge in [-0.25, -0.2) is 0 Å². The van der Waals surface area contributed by atoms with Crippen LogP contribution in [0.4, 0.5) is 17.1 Å². The summed E-state index contributed by atoms with van der Waals surface area (Å²) in [5.41, 5.74) is 11.2. The fraction of sp³-hybridized carbons (Fsp3) is 0.167. The van der Waals surface area contributed by atoms with Crippen molar-refractivity contribution < 1.29 is 4.42 Å². The van der Waals surface area contributed by atoms with Crippen LogP contribution in [-0.2, 0) is 10.8 Å². The smallest absolute Gasteiger partial charge is 0.160 e. The molecular formula is C48H42N2O. The quantitative estimate of drug-likeness (QED) is 0.187. The van der Waals surface area contributed by atoms with E-state index in [2.05, 4.69) is 191 Å². The highest BCUT2D eigenvalue weighted by Gasteiger charge is 2.25. The summed E-state index contributed by atoms with van der Waals surface area (Å²) in [5.74, 6) is 0. The Morgan fingerprint density at radius 3 is 1.82 bits per heavy atom. The van der Waals surface area contributed by atoms with Crippen LogP contribution in [0.3, 0.4) is 0 Å². The molecule has 2 aromatic heterocycles. The van der Waals surface area contributed by atoms with Gasteiger partial charge < -0.3 is 13.9 Å². The summed E-state index contributed by atoms with van der Waals surface area (Å²) in [4.78, 5) is 2.36. The molecule has 250 valence electrons. The molecule has 9 aromatic rings. The Morgan fingerprint density at radius 2 is 1.10 bits per heavy atom. The van der Waals surface area contributed by atoms with Gasteiger partial charge in [-0.15, -0.1) is 0 Å². The molecule has 3 nitrogen and oxygen atoms in total. The summed E-state index contributed by atoms with van der Waals surface area (Å²) in [5, 5.41) is 7.09. The van der Waals surface area contributed by atoms with Crippen molar-refractivity contribution in [2.24, 2.45) is 0 Å². The molecule has 9 rings (SSSR count). The van der Waals surface area contributed by atoms with Gasteiger partial charge in [0.2, 0.25) is 0 Å². The lowest BCUT2D eigenvalue weighted by Gasteiger charge is -2.27. The molecule has 7 aromatic carbocycles. The van der Waals surface area contributed by atoms with Crippen LogP contribution in [0.1, 0.15) is 52.7 Å². The monoisotopic (exact) mass is 662 g/mol. The molecule has 0 N–H and O–H groups in total. The Balaban J connectivity index is 1.34. The molecular weight excluding hydrogens is 621 g/mol. The predicted molar refractivity (Wildman–Crippen MR) is 218 cm³/mol. The van der Waals surface area contributed by atoms with Crippen LogP contribution in [-0.4, -0.2) is 4.57 Å². The number of furan rings is 1. The summed E-state index contributed by atoms with van der Waals surface area (Å²) >= 11 is 0. The standard InChI is InChI=1S/C48H42N2O/c1-47(2,3)32-27-33(48(4,5)6)29-36(28-32)50-41-22-14-12-20-38(41)40-30-35(24-25-42(40)50)49(34-17-8-7-9-18-34)43-26-31-16-10-11-19-37(31)45-39-21-13-15-23-44(39)51-46(43)45/h7-30H,1-6H3. The van der Waals surface area contributed by atoms with E-state index in [0.717, 1.165) is 39.0 Å². The van der Waals surface area contributed by atoms with E-state index in [0.29, 0.717) is 0 Å². The minimum atomic E-state index is 0.0139. The van der Waals surface area contributed by atoms with Crippen LogP contribution in [0.25, 0.3) is 60.2 Å². The molecule has 0 atom stereocenters. The van der Waals surface area contributed by atoms with E-state index in [1.165, 1.54) is 49.4 Å². The molecule has 0 aliphatic heterocycles. The summed E-state index contributed by atoms with van der Waals surface area (Å²) in [6.07, 6.45) is 0. The van der Waals surface area contributed by atoms with Gasteiger partial charge in [-0.1, -0.05) is 126 Å². The fourth-order valence-corrected chi connectivity index (χ4v) is 7.71. The molecule has 3 heteroatoms. The number of benzene rings is 7. The Morgan fingerprint density at radius 1 is 0.490 bits per heavy atom. The first kappa shape index (κ1) is 31.2. The van der Waals surface area contributed by atoms with Gasteiger partial charge in [0.1, 0.15) is 5.58 Å². The van der Waals surface area contributed by atoms with E-state index in [1.807, 2.05) is 6.07 Å². The molecule has 0 amide bonds. The third kappa shape index (κ3) is 5.10. The third-order valence-electron chi connectivity index (χ3n) is 10.4. The Hall–Kier alpha value is -5.80. The van der Waals surface area contributed by atoms with Crippen LogP contribution in [0, 0.1) is 0 Å². The first-order valence-corrected chi connectivity index (χ1v) is 17.9. The average molecular weight is 663 g/mol. The highest BCUT2D eigenvalue weighted by molar-refractivity contribution is 6.23. The van der Waals surface area contributed by atoms with Gasteiger partial charge in [0.05, 0.1) is 16.7 Å². The zero-order valence-electron chi connectivity index (χ0n) is 30.2. The lowest BCUT2D eigenvalue weighted by Crippen LogP contribution is -2.17. The van der Waals surface area contributed by atoms with Gasteiger partial charge in [0, 0.05) is 38.6 Å². The summed E-state index contributed by atoms with van der Waals surface area (Å²) in [7, 11) is 0. The fourth-order valence-electron chi connectivity index (χ4n) is 7.71. The van der Waals surface area contributed by atoms with Gasteiger partial charge in [-0.2, -0.15) is 0 Å². The number of para-hydroxylation sites is 3. The summed E-state index contributed by atoms with van der Waals surface area (Å²) in [6, 6.07) is 52.9. The maximum absolute atomic E-state index is 6.77. The number of hydrogen-bond donors (Lipinski definition) is 0. The van der Waals surface area contributed by atoms with Crippen molar-refractivity contribution in [3.8, 4) is 5.69 Å². The normalized spacial score (nSPS) is 12.5. The van der Waals surface area contributed by atoms with E-state index < -0.39 is 0 Å². The van der Waals surface area contributed by atoms with Crippen LogP contribution >= 0.6 is 0 Å². The van der Waals surface area contributed by atoms with Gasteiger partial charge in [0.25, 0.3) is 0 Å². The van der Waals surface area contributed by atoms with Crippen LogP contribution in [0.15, 0.2) is 150 Å². The molecule has 0 aliphatic carbocycles. The molecule has 0 bridgehead atoms. The topological polar surface area (TPSA) is 21.3 Å². The van der Waals surface area contributed by atoms with Gasteiger partial charge in [-0.05, 0) is 93.4 Å². The molecule has 0 saturated carbocycles. The van der Waals surface area contributed by atoms with Crippen molar-refractivity contribution in [1.82, 2.24) is 4.57 Å². The molecule has 0 spiro atoms. The molecule has 51 heavy (non-hydrogen) atoms.